The van der Waals surface area contributed by atoms with Crippen molar-refractivity contribution in [2.75, 3.05) is 0 Å². The second-order valence-electron chi connectivity index (χ2n) is 7.14. The van der Waals surface area contributed by atoms with Crippen LogP contribution >= 0.6 is 11.8 Å². The van der Waals surface area contributed by atoms with Gasteiger partial charge in [0, 0.05) is 12.6 Å². The molecule has 3 aromatic rings. The fraction of sp³-hybridized carbons (Fsp3) is 0.318. The highest BCUT2D eigenvalue weighted by Crippen LogP contribution is 2.31. The standard InChI is InChI=1S/C22H24N4OS/c1-15(21(27)23-19-14-8-12-16-9-6-7-13-18(16)19)28-22-25-24-20(26(22)2)17-10-4-3-5-11-17/h3-7,9-11,13,15,19H,8,12,14H2,1-2H3,(H,23,27)/t15-,19+/m0/s1. The Hall–Kier alpha value is -2.60. The minimum absolute atomic E-state index is 0.0379. The summed E-state index contributed by atoms with van der Waals surface area (Å²) in [5, 5.41) is 12.3. The third kappa shape index (κ3) is 3.83. The van der Waals surface area contributed by atoms with Gasteiger partial charge in [0.05, 0.1) is 11.3 Å². The van der Waals surface area contributed by atoms with E-state index in [1.807, 2.05) is 54.9 Å². The van der Waals surface area contributed by atoms with Crippen LogP contribution in [0, 0.1) is 0 Å². The topological polar surface area (TPSA) is 59.8 Å². The van der Waals surface area contributed by atoms with E-state index in [1.54, 1.807) is 0 Å². The van der Waals surface area contributed by atoms with Gasteiger partial charge in [-0.25, -0.2) is 0 Å². The van der Waals surface area contributed by atoms with Gasteiger partial charge >= 0.3 is 0 Å². The number of aryl methyl sites for hydroxylation is 1. The second kappa shape index (κ2) is 8.19. The molecule has 1 N–H and O–H groups in total. The first-order valence-electron chi connectivity index (χ1n) is 9.63. The van der Waals surface area contributed by atoms with E-state index in [-0.39, 0.29) is 17.2 Å². The largest absolute Gasteiger partial charge is 0.348 e. The molecule has 0 saturated carbocycles. The predicted octanol–water partition coefficient (Wildman–Crippen LogP) is 4.16. The van der Waals surface area contributed by atoms with Gasteiger partial charge in [-0.1, -0.05) is 66.4 Å². The summed E-state index contributed by atoms with van der Waals surface area (Å²) in [6, 6.07) is 18.5. The molecule has 1 aliphatic rings. The van der Waals surface area contributed by atoms with Crippen molar-refractivity contribution in [2.24, 2.45) is 7.05 Å². The Morgan fingerprint density at radius 2 is 1.89 bits per heavy atom. The lowest BCUT2D eigenvalue weighted by Crippen LogP contribution is -2.36. The lowest BCUT2D eigenvalue weighted by molar-refractivity contribution is -0.121. The number of hydrogen-bond acceptors (Lipinski definition) is 4. The third-order valence-electron chi connectivity index (χ3n) is 5.20. The van der Waals surface area contributed by atoms with Gasteiger partial charge in [-0.2, -0.15) is 0 Å². The number of rotatable bonds is 5. The molecule has 144 valence electrons. The van der Waals surface area contributed by atoms with Gasteiger partial charge in [0.1, 0.15) is 0 Å². The Morgan fingerprint density at radius 3 is 2.71 bits per heavy atom. The van der Waals surface area contributed by atoms with Crippen LogP contribution in [0.5, 0.6) is 0 Å². The van der Waals surface area contributed by atoms with Crippen LogP contribution in [-0.4, -0.2) is 25.9 Å². The lowest BCUT2D eigenvalue weighted by Gasteiger charge is -2.27. The maximum Gasteiger partial charge on any atom is 0.233 e. The number of benzene rings is 2. The summed E-state index contributed by atoms with van der Waals surface area (Å²) < 4.78 is 1.94. The molecular formula is C22H24N4OS. The maximum atomic E-state index is 12.8. The van der Waals surface area contributed by atoms with Crippen LogP contribution in [0.2, 0.25) is 0 Å². The van der Waals surface area contributed by atoms with Crippen molar-refractivity contribution < 1.29 is 4.79 Å². The lowest BCUT2D eigenvalue weighted by atomic mass is 9.88. The molecule has 2 atom stereocenters. The van der Waals surface area contributed by atoms with Crippen molar-refractivity contribution in [3.63, 3.8) is 0 Å². The Labute approximate surface area is 169 Å². The van der Waals surface area contributed by atoms with Crippen LogP contribution in [0.25, 0.3) is 11.4 Å². The Balaban J connectivity index is 1.44. The van der Waals surface area contributed by atoms with Gasteiger partial charge < -0.3 is 9.88 Å². The first-order chi connectivity index (χ1) is 13.6. The average molecular weight is 393 g/mol. The van der Waals surface area contributed by atoms with Crippen molar-refractivity contribution in [3.05, 3.63) is 65.7 Å². The number of aromatic nitrogens is 3. The molecule has 0 aliphatic heterocycles. The Bertz CT molecular complexity index is 970. The summed E-state index contributed by atoms with van der Waals surface area (Å²) in [7, 11) is 1.94. The zero-order valence-electron chi connectivity index (χ0n) is 16.1. The summed E-state index contributed by atoms with van der Waals surface area (Å²) in [5.74, 6) is 0.841. The molecule has 0 bridgehead atoms. The zero-order valence-corrected chi connectivity index (χ0v) is 16.9. The van der Waals surface area contributed by atoms with E-state index in [0.717, 1.165) is 35.8 Å². The number of nitrogens with zero attached hydrogens (tertiary/aromatic N) is 3. The summed E-state index contributed by atoms with van der Waals surface area (Å²) in [6.07, 6.45) is 3.18. The molecule has 5 nitrogen and oxygen atoms in total. The number of amides is 1. The molecule has 0 spiro atoms. The number of fused-ring (bicyclic) bond motifs is 1. The molecule has 28 heavy (non-hydrogen) atoms. The third-order valence-corrected chi connectivity index (χ3v) is 6.34. The van der Waals surface area contributed by atoms with Crippen molar-refractivity contribution in [2.45, 2.75) is 42.6 Å². The van der Waals surface area contributed by atoms with E-state index in [9.17, 15) is 4.79 Å². The molecule has 4 rings (SSSR count). The first-order valence-corrected chi connectivity index (χ1v) is 10.5. The van der Waals surface area contributed by atoms with E-state index in [2.05, 4.69) is 33.7 Å². The summed E-state index contributed by atoms with van der Waals surface area (Å²) in [5.41, 5.74) is 3.62. The highest BCUT2D eigenvalue weighted by Gasteiger charge is 2.25. The fourth-order valence-corrected chi connectivity index (χ4v) is 4.48. The smallest absolute Gasteiger partial charge is 0.233 e. The van der Waals surface area contributed by atoms with Crippen LogP contribution in [0.15, 0.2) is 59.8 Å². The summed E-state index contributed by atoms with van der Waals surface area (Å²) >= 11 is 1.44. The number of thioether (sulfide) groups is 1. The average Bonchev–Trinajstić information content (AvgIpc) is 3.09. The minimum atomic E-state index is -0.249. The van der Waals surface area contributed by atoms with E-state index >= 15 is 0 Å². The van der Waals surface area contributed by atoms with Crippen LogP contribution in [-0.2, 0) is 18.3 Å². The van der Waals surface area contributed by atoms with Gasteiger partial charge in [-0.05, 0) is 37.3 Å². The van der Waals surface area contributed by atoms with Crippen molar-refractivity contribution in [3.8, 4) is 11.4 Å². The van der Waals surface area contributed by atoms with E-state index in [0.29, 0.717) is 0 Å². The van der Waals surface area contributed by atoms with Crippen LogP contribution in [0.1, 0.15) is 36.9 Å². The fourth-order valence-electron chi connectivity index (χ4n) is 3.66. The molecule has 0 radical (unpaired) electrons. The number of carbonyl (C=O) groups excluding carboxylic acids is 1. The summed E-state index contributed by atoms with van der Waals surface area (Å²) in [6.45, 7) is 1.92. The van der Waals surface area contributed by atoms with Crippen molar-refractivity contribution in [1.29, 1.82) is 0 Å². The second-order valence-corrected chi connectivity index (χ2v) is 8.45. The first kappa shape index (κ1) is 18.7. The van der Waals surface area contributed by atoms with E-state index < -0.39 is 0 Å². The molecule has 1 amide bonds. The molecule has 1 aliphatic carbocycles. The molecule has 2 aromatic carbocycles. The van der Waals surface area contributed by atoms with Gasteiger partial charge in [-0.15, -0.1) is 10.2 Å². The molecule has 0 saturated heterocycles. The van der Waals surface area contributed by atoms with Crippen molar-refractivity contribution >= 4 is 17.7 Å². The van der Waals surface area contributed by atoms with Gasteiger partial charge in [0.25, 0.3) is 0 Å². The molecule has 1 aromatic heterocycles. The number of nitrogens with one attached hydrogen (secondary N) is 1. The quantitative estimate of drug-likeness (QED) is 0.663. The molecule has 1 heterocycles. The Morgan fingerprint density at radius 1 is 1.14 bits per heavy atom. The minimum Gasteiger partial charge on any atom is -0.348 e. The molecule has 0 fully saturated rings. The monoisotopic (exact) mass is 392 g/mol. The highest BCUT2D eigenvalue weighted by molar-refractivity contribution is 8.00. The molecule has 0 unspecified atom stereocenters. The van der Waals surface area contributed by atoms with Gasteiger partial charge in [0.2, 0.25) is 5.91 Å². The van der Waals surface area contributed by atoms with E-state index in [4.69, 9.17) is 0 Å². The van der Waals surface area contributed by atoms with Crippen LogP contribution in [0.3, 0.4) is 0 Å². The number of carbonyl (C=O) groups is 1. The van der Waals surface area contributed by atoms with E-state index in [1.165, 1.54) is 22.9 Å². The number of hydrogen-bond donors (Lipinski definition) is 1. The predicted molar refractivity (Wildman–Crippen MR) is 112 cm³/mol. The van der Waals surface area contributed by atoms with Crippen molar-refractivity contribution in [1.82, 2.24) is 20.1 Å². The van der Waals surface area contributed by atoms with Gasteiger partial charge in [0.15, 0.2) is 11.0 Å². The SMILES string of the molecule is C[C@H](Sc1nnc(-c2ccccc2)n1C)C(=O)N[C@@H]1CCCc2ccccc21. The maximum absolute atomic E-state index is 12.8. The zero-order chi connectivity index (χ0) is 19.5. The van der Waals surface area contributed by atoms with Crippen LogP contribution in [0.4, 0.5) is 0 Å². The van der Waals surface area contributed by atoms with Gasteiger partial charge in [-0.3, -0.25) is 4.79 Å². The molecular weight excluding hydrogens is 368 g/mol. The normalized spacial score (nSPS) is 17.0. The summed E-state index contributed by atoms with van der Waals surface area (Å²) in [4.78, 5) is 12.8. The van der Waals surface area contributed by atoms with Crippen LogP contribution < -0.4 is 5.32 Å². The Kier molecular flexibility index (Phi) is 5.48. The molecule has 6 heteroatoms. The highest BCUT2D eigenvalue weighted by atomic mass is 32.2.